The molecule has 7 heteroatoms. The Labute approximate surface area is 200 Å². The molecule has 0 spiro atoms. The Balaban J connectivity index is 2.54. The number of methoxy groups -OCH3 is 3. The summed E-state index contributed by atoms with van der Waals surface area (Å²) < 4.78 is 26.9. The molecule has 0 aliphatic heterocycles. The van der Waals surface area contributed by atoms with Crippen molar-refractivity contribution in [1.82, 2.24) is 0 Å². The van der Waals surface area contributed by atoms with E-state index in [1.807, 2.05) is 39.8 Å². The molecule has 0 saturated carbocycles. The van der Waals surface area contributed by atoms with Crippen LogP contribution in [0.15, 0.2) is 24.3 Å². The van der Waals surface area contributed by atoms with Crippen LogP contribution in [0.5, 0.6) is 0 Å². The minimum Gasteiger partial charge on any atom is -0.373 e. The number of anilines is 1. The Morgan fingerprint density at radius 3 is 1.85 bits per heavy atom. The molecular formula is C26H45NO6. The van der Waals surface area contributed by atoms with Crippen molar-refractivity contribution < 1.29 is 28.5 Å². The lowest BCUT2D eigenvalue weighted by Gasteiger charge is -2.33. The Morgan fingerprint density at radius 2 is 1.36 bits per heavy atom. The van der Waals surface area contributed by atoms with E-state index in [2.05, 4.69) is 38.2 Å². The second kappa shape index (κ2) is 12.8. The van der Waals surface area contributed by atoms with Gasteiger partial charge in [0.1, 0.15) is 0 Å². The molecule has 0 bridgehead atoms. The highest BCUT2D eigenvalue weighted by atomic mass is 17.0. The zero-order valence-electron chi connectivity index (χ0n) is 22.2. The van der Waals surface area contributed by atoms with Crippen LogP contribution in [0.2, 0.25) is 0 Å². The average Bonchev–Trinajstić information content (AvgIpc) is 2.74. The Bertz CT molecular complexity index is 702. The number of amides is 1. The third kappa shape index (κ3) is 9.71. The summed E-state index contributed by atoms with van der Waals surface area (Å²) in [5.74, 6) is 0.765. The van der Waals surface area contributed by atoms with Gasteiger partial charge in [0.05, 0.1) is 18.8 Å². The van der Waals surface area contributed by atoms with E-state index in [0.717, 1.165) is 18.5 Å². The van der Waals surface area contributed by atoms with E-state index in [4.69, 9.17) is 23.7 Å². The summed E-state index contributed by atoms with van der Waals surface area (Å²) >= 11 is 0. The molecule has 1 amide bonds. The molecule has 0 aliphatic carbocycles. The second-order valence-electron chi connectivity index (χ2n) is 10.2. The molecule has 1 aromatic rings. The third-order valence-corrected chi connectivity index (χ3v) is 5.75. The predicted molar refractivity (Wildman–Crippen MR) is 131 cm³/mol. The number of nitrogens with one attached hydrogen (secondary N) is 1. The smallest absolute Gasteiger partial charge is 0.373 e. The topological polar surface area (TPSA) is 75.2 Å². The van der Waals surface area contributed by atoms with E-state index in [1.54, 1.807) is 0 Å². The summed E-state index contributed by atoms with van der Waals surface area (Å²) in [7, 11) is 4.33. The van der Waals surface area contributed by atoms with Crippen molar-refractivity contribution in [3.05, 3.63) is 29.8 Å². The van der Waals surface area contributed by atoms with Crippen molar-refractivity contribution >= 4 is 11.6 Å². The van der Waals surface area contributed by atoms with Crippen molar-refractivity contribution in [1.29, 1.82) is 0 Å². The molecule has 0 aliphatic rings. The van der Waals surface area contributed by atoms with Crippen LogP contribution in [0.3, 0.4) is 0 Å². The van der Waals surface area contributed by atoms with Gasteiger partial charge in [-0.1, -0.05) is 46.8 Å². The lowest BCUT2D eigenvalue weighted by atomic mass is 9.79. The van der Waals surface area contributed by atoms with Gasteiger partial charge in [-0.05, 0) is 56.2 Å². The number of hydrogen-bond donors (Lipinski definition) is 1. The fraction of sp³-hybridized carbons (Fsp3) is 0.731. The number of benzene rings is 1. The molecule has 33 heavy (non-hydrogen) atoms. The number of rotatable bonds is 15. The maximum absolute atomic E-state index is 12.9. The third-order valence-electron chi connectivity index (χ3n) is 5.75. The van der Waals surface area contributed by atoms with Gasteiger partial charge in [0.2, 0.25) is 5.91 Å². The van der Waals surface area contributed by atoms with Crippen molar-refractivity contribution in [2.24, 2.45) is 11.3 Å². The average molecular weight is 468 g/mol. The largest absolute Gasteiger partial charge is 0.411 e. The van der Waals surface area contributed by atoms with Crippen LogP contribution in [0.25, 0.3) is 0 Å². The van der Waals surface area contributed by atoms with E-state index < -0.39 is 11.6 Å². The van der Waals surface area contributed by atoms with Crippen LogP contribution in [-0.2, 0) is 28.5 Å². The molecule has 0 aromatic heterocycles. The first-order valence-corrected chi connectivity index (χ1v) is 11.6. The maximum Gasteiger partial charge on any atom is 0.411 e. The lowest BCUT2D eigenvalue weighted by Crippen LogP contribution is -2.40. The van der Waals surface area contributed by atoms with Gasteiger partial charge in [-0.3, -0.25) is 4.79 Å². The van der Waals surface area contributed by atoms with E-state index in [9.17, 15) is 4.79 Å². The standard InChI is InChI=1S/C26H45NO6/c1-19(2)21-11-13-22(14-12-21)27-23(28)24(4,5)17-20(3)18-25(6,7)32-15-16-33-26(29-8,30-9)31-10/h11-14,19-20H,15-18H2,1-10H3,(H,27,28). The molecular weight excluding hydrogens is 422 g/mol. The fourth-order valence-corrected chi connectivity index (χ4v) is 4.10. The van der Waals surface area contributed by atoms with Crippen LogP contribution in [-0.4, -0.2) is 52.2 Å². The number of carbonyl (C=O) groups is 1. The molecule has 0 saturated heterocycles. The quantitative estimate of drug-likeness (QED) is 0.269. The normalized spacial score (nSPS) is 13.9. The first-order valence-electron chi connectivity index (χ1n) is 11.6. The lowest BCUT2D eigenvalue weighted by molar-refractivity contribution is -0.480. The Hall–Kier alpha value is -1.51. The van der Waals surface area contributed by atoms with Crippen molar-refractivity contribution in [2.45, 2.75) is 79.0 Å². The summed E-state index contributed by atoms with van der Waals surface area (Å²) in [6, 6.07) is 8.07. The zero-order chi connectivity index (χ0) is 25.3. The highest BCUT2D eigenvalue weighted by Crippen LogP contribution is 2.32. The molecule has 1 unspecified atom stereocenters. The Morgan fingerprint density at radius 1 is 0.848 bits per heavy atom. The van der Waals surface area contributed by atoms with Crippen LogP contribution in [0.1, 0.15) is 72.8 Å². The van der Waals surface area contributed by atoms with E-state index >= 15 is 0 Å². The van der Waals surface area contributed by atoms with Gasteiger partial charge in [0, 0.05) is 32.4 Å². The summed E-state index contributed by atoms with van der Waals surface area (Å²) in [4.78, 5) is 12.9. The monoisotopic (exact) mass is 467 g/mol. The molecule has 1 rings (SSSR count). The first-order chi connectivity index (χ1) is 15.3. The van der Waals surface area contributed by atoms with Crippen molar-refractivity contribution in [3.8, 4) is 0 Å². The van der Waals surface area contributed by atoms with Gasteiger partial charge in [-0.15, -0.1) is 0 Å². The van der Waals surface area contributed by atoms with Crippen LogP contribution >= 0.6 is 0 Å². The minimum atomic E-state index is -1.52. The van der Waals surface area contributed by atoms with Gasteiger partial charge in [-0.25, -0.2) is 0 Å². The summed E-state index contributed by atoms with van der Waals surface area (Å²) in [6.07, 6.45) is 0.0242. The van der Waals surface area contributed by atoms with E-state index in [0.29, 0.717) is 12.5 Å². The molecule has 190 valence electrons. The van der Waals surface area contributed by atoms with E-state index in [-0.39, 0.29) is 24.0 Å². The first kappa shape index (κ1) is 29.5. The minimum absolute atomic E-state index is 0.0220. The summed E-state index contributed by atoms with van der Waals surface area (Å²) in [5, 5.41) is 3.07. The molecule has 0 fully saturated rings. The molecule has 1 atom stereocenters. The molecule has 1 N–H and O–H groups in total. The molecule has 1 aromatic carbocycles. The second-order valence-corrected chi connectivity index (χ2v) is 10.2. The predicted octanol–water partition coefficient (Wildman–Crippen LogP) is 5.55. The van der Waals surface area contributed by atoms with Crippen LogP contribution in [0.4, 0.5) is 5.69 Å². The highest BCUT2D eigenvalue weighted by molar-refractivity contribution is 5.94. The van der Waals surface area contributed by atoms with Gasteiger partial charge < -0.3 is 29.0 Å². The summed E-state index contributed by atoms with van der Waals surface area (Å²) in [5.41, 5.74) is 1.20. The van der Waals surface area contributed by atoms with Crippen molar-refractivity contribution in [3.63, 3.8) is 0 Å². The van der Waals surface area contributed by atoms with Crippen LogP contribution < -0.4 is 5.32 Å². The molecule has 0 radical (unpaired) electrons. The zero-order valence-corrected chi connectivity index (χ0v) is 22.2. The van der Waals surface area contributed by atoms with Gasteiger partial charge in [0.25, 0.3) is 0 Å². The SMILES string of the molecule is COC(OC)(OC)OCCOC(C)(C)CC(C)CC(C)(C)C(=O)Nc1ccc(C(C)C)cc1. The van der Waals surface area contributed by atoms with Gasteiger partial charge in [-0.2, -0.15) is 0 Å². The number of hydrogen-bond acceptors (Lipinski definition) is 6. The number of carbonyl (C=O) groups excluding carboxylic acids is 1. The van der Waals surface area contributed by atoms with E-state index in [1.165, 1.54) is 26.9 Å². The Kier molecular flexibility index (Phi) is 11.5. The molecule has 0 heterocycles. The van der Waals surface area contributed by atoms with Gasteiger partial charge >= 0.3 is 6.16 Å². The van der Waals surface area contributed by atoms with Gasteiger partial charge in [0.15, 0.2) is 0 Å². The van der Waals surface area contributed by atoms with Crippen molar-refractivity contribution in [2.75, 3.05) is 39.9 Å². The fourth-order valence-electron chi connectivity index (χ4n) is 4.10. The summed E-state index contributed by atoms with van der Waals surface area (Å²) in [6.45, 7) is 15.1. The number of ether oxygens (including phenoxy) is 5. The molecule has 7 nitrogen and oxygen atoms in total. The maximum atomic E-state index is 12.9. The van der Waals surface area contributed by atoms with Crippen LogP contribution in [0, 0.1) is 11.3 Å². The highest BCUT2D eigenvalue weighted by Gasteiger charge is 2.33.